The Kier molecular flexibility index (Phi) is 4.26. The predicted molar refractivity (Wildman–Crippen MR) is 81.0 cm³/mol. The summed E-state index contributed by atoms with van der Waals surface area (Å²) in [5.41, 5.74) is 3.83. The van der Waals surface area contributed by atoms with Gasteiger partial charge in [0.1, 0.15) is 0 Å². The summed E-state index contributed by atoms with van der Waals surface area (Å²) in [6.07, 6.45) is 2.25. The maximum absolute atomic E-state index is 12.4. The van der Waals surface area contributed by atoms with E-state index >= 15 is 0 Å². The molecule has 1 aromatic carbocycles. The molecule has 0 aliphatic carbocycles. The molecular formula is C17H19NO3. The van der Waals surface area contributed by atoms with Gasteiger partial charge in [0, 0.05) is 17.5 Å². The Morgan fingerprint density at radius 3 is 2.43 bits per heavy atom. The first-order valence-electron chi connectivity index (χ1n) is 6.95. The summed E-state index contributed by atoms with van der Waals surface area (Å²) in [6, 6.07) is 7.18. The summed E-state index contributed by atoms with van der Waals surface area (Å²) in [7, 11) is 0. The predicted octanol–water partition coefficient (Wildman–Crippen LogP) is 3.25. The van der Waals surface area contributed by atoms with E-state index in [1.54, 1.807) is 16.8 Å². The zero-order chi connectivity index (χ0) is 15.6. The minimum Gasteiger partial charge on any atom is -0.478 e. The molecule has 0 fully saturated rings. The second-order valence-electron chi connectivity index (χ2n) is 5.18. The second kappa shape index (κ2) is 5.95. The van der Waals surface area contributed by atoms with Crippen LogP contribution < -0.4 is 0 Å². The molecule has 110 valence electrons. The van der Waals surface area contributed by atoms with Crippen LogP contribution in [0.1, 0.15) is 44.5 Å². The van der Waals surface area contributed by atoms with Crippen molar-refractivity contribution >= 4 is 11.8 Å². The molecule has 1 aromatic heterocycles. The molecule has 4 heteroatoms. The van der Waals surface area contributed by atoms with Crippen LogP contribution in [0.3, 0.4) is 0 Å². The molecule has 0 aliphatic heterocycles. The number of Topliss-reactive ketones (excluding diaryl/α,β-unsaturated/α-hetero) is 1. The molecule has 2 aromatic rings. The maximum Gasteiger partial charge on any atom is 0.337 e. The van der Waals surface area contributed by atoms with Gasteiger partial charge in [-0.1, -0.05) is 19.1 Å². The average molecular weight is 285 g/mol. The van der Waals surface area contributed by atoms with E-state index < -0.39 is 5.97 Å². The number of aromatic nitrogens is 1. The van der Waals surface area contributed by atoms with Gasteiger partial charge in [-0.25, -0.2) is 4.79 Å². The largest absolute Gasteiger partial charge is 0.478 e. The van der Waals surface area contributed by atoms with Gasteiger partial charge in [-0.2, -0.15) is 0 Å². The van der Waals surface area contributed by atoms with E-state index in [1.807, 2.05) is 39.0 Å². The van der Waals surface area contributed by atoms with Crippen LogP contribution in [0.2, 0.25) is 0 Å². The van der Waals surface area contributed by atoms with Crippen molar-refractivity contribution in [3.63, 3.8) is 0 Å². The number of benzene rings is 1. The molecular weight excluding hydrogens is 266 g/mol. The highest BCUT2D eigenvalue weighted by Crippen LogP contribution is 2.15. The number of carboxylic acid groups (broad SMARTS) is 1. The number of nitrogens with zero attached hydrogens (tertiary/aromatic N) is 1. The number of carbonyl (C=O) groups excluding carboxylic acids is 1. The van der Waals surface area contributed by atoms with Gasteiger partial charge in [0.2, 0.25) is 0 Å². The fourth-order valence-corrected chi connectivity index (χ4v) is 2.40. The lowest BCUT2D eigenvalue weighted by molar-refractivity contribution is 0.0694. The van der Waals surface area contributed by atoms with Gasteiger partial charge in [-0.05, 0) is 43.5 Å². The van der Waals surface area contributed by atoms with Crippen LogP contribution >= 0.6 is 0 Å². The molecule has 0 saturated heterocycles. The fourth-order valence-electron chi connectivity index (χ4n) is 2.40. The SMILES string of the molecule is CCc1c(C(=O)O)ccn1CC(=O)c1ccc(C)c(C)c1. The first-order valence-corrected chi connectivity index (χ1v) is 6.95. The summed E-state index contributed by atoms with van der Waals surface area (Å²) >= 11 is 0. The van der Waals surface area contributed by atoms with Crippen LogP contribution in [0.4, 0.5) is 0 Å². The number of carbonyl (C=O) groups is 2. The van der Waals surface area contributed by atoms with Gasteiger partial charge >= 0.3 is 5.97 Å². The van der Waals surface area contributed by atoms with Gasteiger partial charge in [0.15, 0.2) is 5.78 Å². The highest BCUT2D eigenvalue weighted by atomic mass is 16.4. The molecule has 0 unspecified atom stereocenters. The van der Waals surface area contributed by atoms with E-state index in [-0.39, 0.29) is 17.9 Å². The summed E-state index contributed by atoms with van der Waals surface area (Å²) < 4.78 is 1.72. The quantitative estimate of drug-likeness (QED) is 0.858. The van der Waals surface area contributed by atoms with Crippen LogP contribution in [0.25, 0.3) is 0 Å². The molecule has 1 N–H and O–H groups in total. The third-order valence-corrected chi connectivity index (χ3v) is 3.79. The van der Waals surface area contributed by atoms with Crippen molar-refractivity contribution < 1.29 is 14.7 Å². The molecule has 4 nitrogen and oxygen atoms in total. The topological polar surface area (TPSA) is 59.3 Å². The minimum atomic E-state index is -0.954. The third kappa shape index (κ3) is 3.05. The van der Waals surface area contributed by atoms with Crippen LogP contribution in [0, 0.1) is 13.8 Å². The standard InChI is InChI=1S/C17H19NO3/c1-4-15-14(17(20)21)7-8-18(15)10-16(19)13-6-5-11(2)12(3)9-13/h5-9H,4,10H2,1-3H3,(H,20,21). The van der Waals surface area contributed by atoms with Crippen LogP contribution in [-0.4, -0.2) is 21.4 Å². The first kappa shape index (κ1) is 15.0. The molecule has 21 heavy (non-hydrogen) atoms. The van der Waals surface area contributed by atoms with Crippen molar-refractivity contribution in [1.29, 1.82) is 0 Å². The van der Waals surface area contributed by atoms with Crippen LogP contribution in [0.15, 0.2) is 30.5 Å². The average Bonchev–Trinajstić information content (AvgIpc) is 2.84. The Hall–Kier alpha value is -2.36. The molecule has 0 amide bonds. The summed E-state index contributed by atoms with van der Waals surface area (Å²) in [5.74, 6) is -0.968. The number of hydrogen-bond acceptors (Lipinski definition) is 2. The van der Waals surface area contributed by atoms with E-state index in [0.717, 1.165) is 11.1 Å². The van der Waals surface area contributed by atoms with Crippen molar-refractivity contribution in [2.45, 2.75) is 33.7 Å². The Bertz CT molecular complexity index is 698. The smallest absolute Gasteiger partial charge is 0.337 e. The number of ketones is 1. The second-order valence-corrected chi connectivity index (χ2v) is 5.18. The van der Waals surface area contributed by atoms with Crippen LogP contribution in [0.5, 0.6) is 0 Å². The maximum atomic E-state index is 12.4. The minimum absolute atomic E-state index is 0.0136. The molecule has 0 atom stereocenters. The van der Waals surface area contributed by atoms with Crippen LogP contribution in [-0.2, 0) is 13.0 Å². The molecule has 0 bridgehead atoms. The zero-order valence-electron chi connectivity index (χ0n) is 12.5. The van der Waals surface area contributed by atoms with Gasteiger partial charge in [-0.3, -0.25) is 4.79 Å². The summed E-state index contributed by atoms with van der Waals surface area (Å²) in [6.45, 7) is 6.03. The molecule has 0 saturated carbocycles. The van der Waals surface area contributed by atoms with E-state index in [1.165, 1.54) is 0 Å². The third-order valence-electron chi connectivity index (χ3n) is 3.79. The zero-order valence-corrected chi connectivity index (χ0v) is 12.5. The monoisotopic (exact) mass is 285 g/mol. The summed E-state index contributed by atoms with van der Waals surface area (Å²) in [4.78, 5) is 23.5. The van der Waals surface area contributed by atoms with E-state index in [0.29, 0.717) is 17.7 Å². The molecule has 0 radical (unpaired) electrons. The molecule has 2 rings (SSSR count). The highest BCUT2D eigenvalue weighted by molar-refractivity contribution is 5.96. The van der Waals surface area contributed by atoms with Crippen molar-refractivity contribution in [3.8, 4) is 0 Å². The Labute approximate surface area is 124 Å². The first-order chi connectivity index (χ1) is 9.93. The van der Waals surface area contributed by atoms with E-state index in [4.69, 9.17) is 5.11 Å². The van der Waals surface area contributed by atoms with Gasteiger partial charge in [0.25, 0.3) is 0 Å². The van der Waals surface area contributed by atoms with Gasteiger partial charge in [-0.15, -0.1) is 0 Å². The van der Waals surface area contributed by atoms with E-state index in [9.17, 15) is 9.59 Å². The lowest BCUT2D eigenvalue weighted by atomic mass is 10.0. The number of hydrogen-bond donors (Lipinski definition) is 1. The van der Waals surface area contributed by atoms with Crippen molar-refractivity contribution in [2.75, 3.05) is 0 Å². The Morgan fingerprint density at radius 2 is 1.86 bits per heavy atom. The fraction of sp³-hybridized carbons (Fsp3) is 0.294. The Morgan fingerprint density at radius 1 is 1.14 bits per heavy atom. The highest BCUT2D eigenvalue weighted by Gasteiger charge is 2.16. The van der Waals surface area contributed by atoms with Crippen molar-refractivity contribution in [2.24, 2.45) is 0 Å². The molecule has 1 heterocycles. The Balaban J connectivity index is 2.27. The molecule has 0 spiro atoms. The summed E-state index contributed by atoms with van der Waals surface area (Å²) in [5, 5.41) is 9.13. The molecule has 0 aliphatic rings. The number of carboxylic acids is 1. The number of rotatable bonds is 5. The lowest BCUT2D eigenvalue weighted by Gasteiger charge is -2.09. The van der Waals surface area contributed by atoms with Gasteiger partial charge in [0.05, 0.1) is 12.1 Å². The van der Waals surface area contributed by atoms with Crippen molar-refractivity contribution in [3.05, 3.63) is 58.4 Å². The lowest BCUT2D eigenvalue weighted by Crippen LogP contribution is -2.13. The van der Waals surface area contributed by atoms with E-state index in [2.05, 4.69) is 0 Å². The normalized spacial score (nSPS) is 10.6. The van der Waals surface area contributed by atoms with Crippen molar-refractivity contribution in [1.82, 2.24) is 4.57 Å². The van der Waals surface area contributed by atoms with Gasteiger partial charge < -0.3 is 9.67 Å². The number of aryl methyl sites for hydroxylation is 2. The number of aromatic carboxylic acids is 1.